The summed E-state index contributed by atoms with van der Waals surface area (Å²) in [6, 6.07) is 0. The van der Waals surface area contributed by atoms with Crippen LogP contribution in [-0.2, 0) is 14.3 Å². The average molecular weight is 228 g/mol. The lowest BCUT2D eigenvalue weighted by Crippen LogP contribution is -2.40. The molecular formula is C12H20O4. The lowest BCUT2D eigenvalue weighted by atomic mass is 9.74. The van der Waals surface area contributed by atoms with Crippen molar-refractivity contribution in [2.75, 3.05) is 7.11 Å². The van der Waals surface area contributed by atoms with Gasteiger partial charge in [0.15, 0.2) is 0 Å². The zero-order valence-electron chi connectivity index (χ0n) is 10.2. The Morgan fingerprint density at radius 1 is 1.62 bits per heavy atom. The standard InChI is InChI=1S/C12H20O4/c1-4-11-5-6-12(16-11,7-9(11)13)8(2)10(14)15-3/h8-9,13H,4-7H2,1-3H3. The molecule has 0 radical (unpaired) electrons. The summed E-state index contributed by atoms with van der Waals surface area (Å²) in [5.41, 5.74) is -0.912. The van der Waals surface area contributed by atoms with Gasteiger partial charge >= 0.3 is 5.97 Å². The lowest BCUT2D eigenvalue weighted by molar-refractivity contribution is -0.158. The van der Waals surface area contributed by atoms with Crippen molar-refractivity contribution < 1.29 is 19.4 Å². The molecule has 4 nitrogen and oxygen atoms in total. The van der Waals surface area contributed by atoms with Gasteiger partial charge in [0, 0.05) is 6.42 Å². The summed E-state index contributed by atoms with van der Waals surface area (Å²) in [7, 11) is 1.39. The molecule has 0 spiro atoms. The molecule has 4 unspecified atom stereocenters. The van der Waals surface area contributed by atoms with E-state index < -0.39 is 17.3 Å². The van der Waals surface area contributed by atoms with Crippen LogP contribution in [0.25, 0.3) is 0 Å². The van der Waals surface area contributed by atoms with Crippen molar-refractivity contribution in [2.45, 2.75) is 56.8 Å². The second kappa shape index (κ2) is 3.70. The third-order valence-electron chi connectivity index (χ3n) is 4.47. The summed E-state index contributed by atoms with van der Waals surface area (Å²) in [4.78, 5) is 11.6. The van der Waals surface area contributed by atoms with Crippen LogP contribution in [0, 0.1) is 5.92 Å². The van der Waals surface area contributed by atoms with Gasteiger partial charge in [0.2, 0.25) is 0 Å². The molecule has 4 heteroatoms. The number of aliphatic hydroxyl groups excluding tert-OH is 1. The first-order valence-corrected chi connectivity index (χ1v) is 5.96. The molecular weight excluding hydrogens is 208 g/mol. The second-order valence-corrected chi connectivity index (χ2v) is 5.05. The Morgan fingerprint density at radius 3 is 2.75 bits per heavy atom. The van der Waals surface area contributed by atoms with Crippen molar-refractivity contribution in [3.05, 3.63) is 0 Å². The van der Waals surface area contributed by atoms with Gasteiger partial charge in [0.25, 0.3) is 0 Å². The van der Waals surface area contributed by atoms with Gasteiger partial charge in [-0.15, -0.1) is 0 Å². The van der Waals surface area contributed by atoms with E-state index in [1.807, 2.05) is 13.8 Å². The van der Waals surface area contributed by atoms with Crippen LogP contribution in [-0.4, -0.2) is 35.5 Å². The van der Waals surface area contributed by atoms with E-state index in [0.717, 1.165) is 19.3 Å². The molecule has 2 aliphatic rings. The third-order valence-corrected chi connectivity index (χ3v) is 4.47. The van der Waals surface area contributed by atoms with Crippen molar-refractivity contribution in [1.29, 1.82) is 0 Å². The maximum Gasteiger partial charge on any atom is 0.311 e. The highest BCUT2D eigenvalue weighted by molar-refractivity contribution is 5.73. The molecule has 0 aliphatic carbocycles. The third kappa shape index (κ3) is 1.39. The van der Waals surface area contributed by atoms with Gasteiger partial charge in [-0.3, -0.25) is 4.79 Å². The van der Waals surface area contributed by atoms with Gasteiger partial charge in [-0.2, -0.15) is 0 Å². The predicted molar refractivity (Wildman–Crippen MR) is 57.9 cm³/mol. The summed E-state index contributed by atoms with van der Waals surface area (Å²) in [6.45, 7) is 3.85. The molecule has 0 saturated carbocycles. The predicted octanol–water partition coefficient (Wildman–Crippen LogP) is 1.26. The summed E-state index contributed by atoms with van der Waals surface area (Å²) in [6.07, 6.45) is 2.58. The minimum absolute atomic E-state index is 0.249. The minimum atomic E-state index is -0.498. The number of ether oxygens (including phenoxy) is 2. The molecule has 92 valence electrons. The highest BCUT2D eigenvalue weighted by Gasteiger charge is 2.63. The van der Waals surface area contributed by atoms with Crippen molar-refractivity contribution in [3.8, 4) is 0 Å². The summed E-state index contributed by atoms with van der Waals surface area (Å²) >= 11 is 0. The van der Waals surface area contributed by atoms with Gasteiger partial charge in [-0.25, -0.2) is 0 Å². The van der Waals surface area contributed by atoms with Crippen molar-refractivity contribution in [3.63, 3.8) is 0 Å². The van der Waals surface area contributed by atoms with Crippen LogP contribution in [0.4, 0.5) is 0 Å². The monoisotopic (exact) mass is 228 g/mol. The number of hydrogen-bond acceptors (Lipinski definition) is 4. The van der Waals surface area contributed by atoms with E-state index in [0.29, 0.717) is 6.42 Å². The number of rotatable bonds is 3. The molecule has 1 N–H and O–H groups in total. The van der Waals surface area contributed by atoms with Crippen LogP contribution in [0.2, 0.25) is 0 Å². The van der Waals surface area contributed by atoms with Crippen LogP contribution in [0.1, 0.15) is 39.5 Å². The fourth-order valence-electron chi connectivity index (χ4n) is 3.18. The molecule has 0 amide bonds. The first-order chi connectivity index (χ1) is 7.49. The highest BCUT2D eigenvalue weighted by Crippen LogP contribution is 2.55. The average Bonchev–Trinajstić information content (AvgIpc) is 2.81. The van der Waals surface area contributed by atoms with Gasteiger partial charge in [0.05, 0.1) is 30.3 Å². The quantitative estimate of drug-likeness (QED) is 0.739. The SMILES string of the molecule is CCC12CCC(C(C)C(=O)OC)(CC1O)O2. The van der Waals surface area contributed by atoms with E-state index in [9.17, 15) is 9.90 Å². The zero-order valence-corrected chi connectivity index (χ0v) is 10.2. The number of methoxy groups -OCH3 is 1. The summed E-state index contributed by atoms with van der Waals surface area (Å²) < 4.78 is 10.8. The lowest BCUT2D eigenvalue weighted by Gasteiger charge is -2.30. The molecule has 16 heavy (non-hydrogen) atoms. The molecule has 2 rings (SSSR count). The number of hydrogen-bond donors (Lipinski definition) is 1. The highest BCUT2D eigenvalue weighted by atomic mass is 16.6. The van der Waals surface area contributed by atoms with Crippen LogP contribution < -0.4 is 0 Å². The first-order valence-electron chi connectivity index (χ1n) is 5.96. The van der Waals surface area contributed by atoms with Crippen molar-refractivity contribution >= 4 is 5.97 Å². The maximum atomic E-state index is 11.6. The van der Waals surface area contributed by atoms with Gasteiger partial charge < -0.3 is 14.6 Å². The normalized spacial score (nSPS) is 43.4. The molecule has 2 fully saturated rings. The van der Waals surface area contributed by atoms with Crippen LogP contribution in [0.5, 0.6) is 0 Å². The molecule has 0 aromatic rings. The van der Waals surface area contributed by atoms with Crippen LogP contribution in [0.15, 0.2) is 0 Å². The van der Waals surface area contributed by atoms with Gasteiger partial charge in [0.1, 0.15) is 0 Å². The Hall–Kier alpha value is -0.610. The molecule has 2 saturated heterocycles. The molecule has 2 bridgehead atoms. The van der Waals surface area contributed by atoms with Gasteiger partial charge in [-0.05, 0) is 26.2 Å². The zero-order chi connectivity index (χ0) is 12.0. The smallest absolute Gasteiger partial charge is 0.311 e. The van der Waals surface area contributed by atoms with E-state index in [4.69, 9.17) is 9.47 Å². The minimum Gasteiger partial charge on any atom is -0.469 e. The number of carbonyl (C=O) groups is 1. The number of carbonyl (C=O) groups excluding carboxylic acids is 1. The Morgan fingerprint density at radius 2 is 2.31 bits per heavy atom. The largest absolute Gasteiger partial charge is 0.469 e. The summed E-state index contributed by atoms with van der Waals surface area (Å²) in [5, 5.41) is 10.1. The van der Waals surface area contributed by atoms with E-state index in [2.05, 4.69) is 0 Å². The fraction of sp³-hybridized carbons (Fsp3) is 0.917. The number of esters is 1. The fourth-order valence-corrected chi connectivity index (χ4v) is 3.18. The Bertz CT molecular complexity index is 303. The number of fused-ring (bicyclic) bond motifs is 2. The van der Waals surface area contributed by atoms with Crippen LogP contribution >= 0.6 is 0 Å². The van der Waals surface area contributed by atoms with Crippen LogP contribution in [0.3, 0.4) is 0 Å². The molecule has 4 atom stereocenters. The Balaban J connectivity index is 2.21. The molecule has 2 aliphatic heterocycles. The molecule has 0 aromatic heterocycles. The Kier molecular flexibility index (Phi) is 2.75. The molecule has 2 heterocycles. The van der Waals surface area contributed by atoms with E-state index in [1.165, 1.54) is 7.11 Å². The summed E-state index contributed by atoms with van der Waals surface area (Å²) in [5.74, 6) is -0.552. The molecule has 0 aromatic carbocycles. The Labute approximate surface area is 95.9 Å². The second-order valence-electron chi connectivity index (χ2n) is 5.05. The van der Waals surface area contributed by atoms with Gasteiger partial charge in [-0.1, -0.05) is 6.92 Å². The maximum absolute atomic E-state index is 11.6. The topological polar surface area (TPSA) is 55.8 Å². The van der Waals surface area contributed by atoms with Crippen molar-refractivity contribution in [2.24, 2.45) is 5.92 Å². The van der Waals surface area contributed by atoms with E-state index >= 15 is 0 Å². The van der Waals surface area contributed by atoms with E-state index in [-0.39, 0.29) is 11.9 Å². The van der Waals surface area contributed by atoms with E-state index in [1.54, 1.807) is 0 Å². The first kappa shape index (κ1) is 11.9. The number of aliphatic hydroxyl groups is 1. The van der Waals surface area contributed by atoms with Crippen molar-refractivity contribution in [1.82, 2.24) is 0 Å².